The standard InChI is InChI=1S/C18H14N6O2/c1-10-11(6-19)8-24(2)17(10)18(25)21-13-3-4-15-14(5-13)16(23-22-15)12-7-20-26-9-12/h3-5,7-9H,1-2H3,(H,21,25)(H,22,23). The van der Waals surface area contributed by atoms with E-state index in [1.165, 1.54) is 6.26 Å². The Morgan fingerprint density at radius 2 is 2.27 bits per heavy atom. The largest absolute Gasteiger partial charge is 0.364 e. The number of H-pyrrole nitrogens is 1. The Morgan fingerprint density at radius 3 is 2.96 bits per heavy atom. The first kappa shape index (κ1) is 15.7. The lowest BCUT2D eigenvalue weighted by Gasteiger charge is -2.08. The fourth-order valence-corrected chi connectivity index (χ4v) is 3.01. The van der Waals surface area contributed by atoms with Gasteiger partial charge in [-0.3, -0.25) is 9.89 Å². The number of fused-ring (bicyclic) bond motifs is 1. The number of nitriles is 1. The van der Waals surface area contributed by atoms with Gasteiger partial charge in [0.25, 0.3) is 5.91 Å². The Bertz CT molecular complexity index is 1160. The van der Waals surface area contributed by atoms with Gasteiger partial charge in [-0.2, -0.15) is 10.4 Å². The van der Waals surface area contributed by atoms with Crippen molar-refractivity contribution in [1.29, 1.82) is 5.26 Å². The highest BCUT2D eigenvalue weighted by atomic mass is 16.5. The van der Waals surface area contributed by atoms with E-state index in [0.29, 0.717) is 28.2 Å². The quantitative estimate of drug-likeness (QED) is 0.592. The van der Waals surface area contributed by atoms with Crippen molar-refractivity contribution in [3.05, 3.63) is 53.7 Å². The molecule has 0 saturated heterocycles. The summed E-state index contributed by atoms with van der Waals surface area (Å²) in [6.07, 6.45) is 4.74. The molecule has 0 aliphatic carbocycles. The van der Waals surface area contributed by atoms with Crippen molar-refractivity contribution in [2.24, 2.45) is 7.05 Å². The summed E-state index contributed by atoms with van der Waals surface area (Å²) in [5.41, 5.74) is 4.49. The molecule has 8 nitrogen and oxygen atoms in total. The Kier molecular flexibility index (Phi) is 3.55. The van der Waals surface area contributed by atoms with Gasteiger partial charge < -0.3 is 14.4 Å². The third-order valence-corrected chi connectivity index (χ3v) is 4.30. The third-order valence-electron chi connectivity index (χ3n) is 4.30. The summed E-state index contributed by atoms with van der Waals surface area (Å²) in [4.78, 5) is 12.7. The molecule has 128 valence electrons. The number of carbonyl (C=O) groups excluding carboxylic acids is 1. The predicted octanol–water partition coefficient (Wildman–Crippen LogP) is 2.99. The highest BCUT2D eigenvalue weighted by Crippen LogP contribution is 2.28. The first-order valence-corrected chi connectivity index (χ1v) is 7.83. The van der Waals surface area contributed by atoms with E-state index in [1.54, 1.807) is 37.0 Å². The monoisotopic (exact) mass is 346 g/mol. The van der Waals surface area contributed by atoms with Crippen LogP contribution in [0.3, 0.4) is 0 Å². The minimum atomic E-state index is -0.277. The zero-order valence-electron chi connectivity index (χ0n) is 14.1. The van der Waals surface area contributed by atoms with Crippen LogP contribution in [0.5, 0.6) is 0 Å². The summed E-state index contributed by atoms with van der Waals surface area (Å²) in [5, 5.41) is 23.8. The number of nitrogens with zero attached hydrogens (tertiary/aromatic N) is 4. The molecule has 1 amide bonds. The molecule has 4 rings (SSSR count). The van der Waals surface area contributed by atoms with Crippen LogP contribution in [-0.4, -0.2) is 25.8 Å². The topological polar surface area (TPSA) is 113 Å². The van der Waals surface area contributed by atoms with E-state index in [1.807, 2.05) is 12.1 Å². The third kappa shape index (κ3) is 2.43. The van der Waals surface area contributed by atoms with Crippen molar-refractivity contribution in [1.82, 2.24) is 19.9 Å². The number of aromatic amines is 1. The normalized spacial score (nSPS) is 10.8. The van der Waals surface area contributed by atoms with Crippen molar-refractivity contribution < 1.29 is 9.32 Å². The molecular formula is C18H14N6O2. The number of nitrogens with one attached hydrogen (secondary N) is 2. The van der Waals surface area contributed by atoms with Gasteiger partial charge in [-0.15, -0.1) is 0 Å². The molecule has 3 aromatic heterocycles. The van der Waals surface area contributed by atoms with E-state index in [4.69, 9.17) is 9.78 Å². The van der Waals surface area contributed by atoms with E-state index >= 15 is 0 Å². The van der Waals surface area contributed by atoms with Crippen molar-refractivity contribution in [2.75, 3.05) is 5.32 Å². The van der Waals surface area contributed by atoms with Gasteiger partial charge in [0.1, 0.15) is 23.7 Å². The van der Waals surface area contributed by atoms with Gasteiger partial charge in [0.05, 0.1) is 22.8 Å². The summed E-state index contributed by atoms with van der Waals surface area (Å²) in [6, 6.07) is 7.56. The van der Waals surface area contributed by atoms with Crippen molar-refractivity contribution in [3.63, 3.8) is 0 Å². The van der Waals surface area contributed by atoms with Crippen molar-refractivity contribution in [3.8, 4) is 17.3 Å². The van der Waals surface area contributed by atoms with Crippen LogP contribution in [0.4, 0.5) is 5.69 Å². The predicted molar refractivity (Wildman–Crippen MR) is 94.4 cm³/mol. The van der Waals surface area contributed by atoms with Crippen LogP contribution in [0.2, 0.25) is 0 Å². The lowest BCUT2D eigenvalue weighted by molar-refractivity contribution is 0.101. The molecule has 8 heteroatoms. The molecule has 2 N–H and O–H groups in total. The smallest absolute Gasteiger partial charge is 0.272 e. The average molecular weight is 346 g/mol. The lowest BCUT2D eigenvalue weighted by Crippen LogP contribution is -2.16. The highest BCUT2D eigenvalue weighted by Gasteiger charge is 2.18. The number of aromatic nitrogens is 4. The Balaban J connectivity index is 1.70. The zero-order chi connectivity index (χ0) is 18.3. The Hall–Kier alpha value is -3.86. The number of hydrogen-bond acceptors (Lipinski definition) is 5. The summed E-state index contributed by atoms with van der Waals surface area (Å²) in [5.74, 6) is -0.277. The number of carbonyl (C=O) groups is 1. The number of amides is 1. The van der Waals surface area contributed by atoms with E-state index < -0.39 is 0 Å². The van der Waals surface area contributed by atoms with Crippen molar-refractivity contribution >= 4 is 22.5 Å². The second kappa shape index (κ2) is 5.89. The van der Waals surface area contributed by atoms with Gasteiger partial charge in [0.2, 0.25) is 0 Å². The molecule has 0 aliphatic rings. The van der Waals surface area contributed by atoms with Crippen LogP contribution < -0.4 is 5.32 Å². The van der Waals surface area contributed by atoms with E-state index in [9.17, 15) is 4.79 Å². The summed E-state index contributed by atoms with van der Waals surface area (Å²) < 4.78 is 6.53. The van der Waals surface area contributed by atoms with Gasteiger partial charge in [0.15, 0.2) is 0 Å². The molecule has 0 unspecified atom stereocenters. The second-order valence-electron chi connectivity index (χ2n) is 5.94. The van der Waals surface area contributed by atoms with Gasteiger partial charge in [-0.05, 0) is 30.7 Å². The fraction of sp³-hybridized carbons (Fsp3) is 0.111. The molecule has 4 aromatic rings. The second-order valence-corrected chi connectivity index (χ2v) is 5.94. The van der Waals surface area contributed by atoms with Crippen LogP contribution >= 0.6 is 0 Å². The molecule has 1 aromatic carbocycles. The maximum Gasteiger partial charge on any atom is 0.272 e. The number of hydrogen-bond donors (Lipinski definition) is 2. The van der Waals surface area contributed by atoms with Gasteiger partial charge in [0, 0.05) is 24.3 Å². The fourth-order valence-electron chi connectivity index (χ4n) is 3.01. The maximum absolute atomic E-state index is 12.7. The summed E-state index contributed by atoms with van der Waals surface area (Å²) in [7, 11) is 1.74. The Labute approximate surface area is 148 Å². The average Bonchev–Trinajstić information content (AvgIpc) is 3.33. The SMILES string of the molecule is Cc1c(C#N)cn(C)c1C(=O)Nc1ccc2[nH]nc(-c3cnoc3)c2c1. The first-order valence-electron chi connectivity index (χ1n) is 7.83. The van der Waals surface area contributed by atoms with Crippen LogP contribution in [0, 0.1) is 18.3 Å². The molecule has 0 bridgehead atoms. The lowest BCUT2D eigenvalue weighted by atomic mass is 10.1. The van der Waals surface area contributed by atoms with Crippen LogP contribution in [0.1, 0.15) is 21.6 Å². The molecule has 0 aliphatic heterocycles. The van der Waals surface area contributed by atoms with Crippen LogP contribution in [0.25, 0.3) is 22.2 Å². The molecule has 0 saturated carbocycles. The van der Waals surface area contributed by atoms with E-state index in [2.05, 4.69) is 26.7 Å². The number of benzene rings is 1. The molecule has 0 fully saturated rings. The van der Waals surface area contributed by atoms with Crippen LogP contribution in [-0.2, 0) is 7.05 Å². The molecular weight excluding hydrogens is 332 g/mol. The van der Waals surface area contributed by atoms with Gasteiger partial charge in [-0.1, -0.05) is 5.16 Å². The first-order chi connectivity index (χ1) is 12.6. The summed E-state index contributed by atoms with van der Waals surface area (Å²) in [6.45, 7) is 1.76. The number of aryl methyl sites for hydroxylation is 1. The van der Waals surface area contributed by atoms with E-state index in [0.717, 1.165) is 16.5 Å². The number of anilines is 1. The summed E-state index contributed by atoms with van der Waals surface area (Å²) >= 11 is 0. The Morgan fingerprint density at radius 1 is 1.42 bits per heavy atom. The van der Waals surface area contributed by atoms with Gasteiger partial charge >= 0.3 is 0 Å². The highest BCUT2D eigenvalue weighted by molar-refractivity contribution is 6.06. The minimum absolute atomic E-state index is 0.277. The maximum atomic E-state index is 12.7. The molecule has 3 heterocycles. The van der Waals surface area contributed by atoms with Crippen LogP contribution in [0.15, 0.2) is 41.4 Å². The van der Waals surface area contributed by atoms with Crippen molar-refractivity contribution in [2.45, 2.75) is 6.92 Å². The van der Waals surface area contributed by atoms with E-state index in [-0.39, 0.29) is 5.91 Å². The molecule has 0 spiro atoms. The molecule has 0 radical (unpaired) electrons. The van der Waals surface area contributed by atoms with Gasteiger partial charge in [-0.25, -0.2) is 0 Å². The minimum Gasteiger partial charge on any atom is -0.364 e. The zero-order valence-corrected chi connectivity index (χ0v) is 14.1. The molecule has 0 atom stereocenters. The molecule has 26 heavy (non-hydrogen) atoms. The number of rotatable bonds is 3.